The number of nitrogens with zero attached hydrogens (tertiary/aromatic N) is 1. The third-order valence-corrected chi connectivity index (χ3v) is 1.31. The molecule has 0 amide bonds. The van der Waals surface area contributed by atoms with Crippen LogP contribution in [-0.2, 0) is 0 Å². The molecule has 2 N–H and O–H groups in total. The van der Waals surface area contributed by atoms with Crippen LogP contribution in [0.5, 0.6) is 0 Å². The van der Waals surface area contributed by atoms with Crippen molar-refractivity contribution in [2.24, 2.45) is 4.99 Å². The predicted molar refractivity (Wildman–Crippen MR) is 36.5 cm³/mol. The maximum atomic E-state index is 12.8. The van der Waals surface area contributed by atoms with Crippen LogP contribution in [0.1, 0.15) is 0 Å². The van der Waals surface area contributed by atoms with Gasteiger partial charge in [-0.3, -0.25) is 10.3 Å². The third kappa shape index (κ3) is 1.22. The van der Waals surface area contributed by atoms with Crippen molar-refractivity contribution in [3.8, 4) is 0 Å². The highest BCUT2D eigenvalue weighted by molar-refractivity contribution is 5.72. The minimum absolute atomic E-state index is 0.877. The van der Waals surface area contributed by atoms with Crippen molar-refractivity contribution in [3.63, 3.8) is 0 Å². The lowest BCUT2D eigenvalue weighted by Gasteiger charge is -2.23. The first-order valence-electron chi connectivity index (χ1n) is 2.96. The van der Waals surface area contributed by atoms with Gasteiger partial charge in [0.05, 0.1) is 0 Å². The van der Waals surface area contributed by atoms with Gasteiger partial charge in [-0.25, -0.2) is 4.39 Å². The highest BCUT2D eigenvalue weighted by Crippen LogP contribution is 2.17. The van der Waals surface area contributed by atoms with Crippen molar-refractivity contribution in [2.45, 2.75) is 12.0 Å². The summed E-state index contributed by atoms with van der Waals surface area (Å²) in [5, 5.41) is 11.4. The van der Waals surface area contributed by atoms with Crippen LogP contribution in [-0.4, -0.2) is 30.4 Å². The number of hydrogen-bond donors (Lipinski definition) is 2. The van der Waals surface area contributed by atoms with Crippen LogP contribution >= 0.6 is 0 Å². The number of aliphatic hydroxyl groups is 1. The largest absolute Gasteiger partial charge is 0.356 e. The fraction of sp³-hybridized carbons (Fsp3) is 0.500. The molecular formula is C6H9FN2O. The molecule has 0 saturated carbocycles. The van der Waals surface area contributed by atoms with Crippen LogP contribution < -0.4 is 5.32 Å². The Morgan fingerprint density at radius 2 is 2.50 bits per heavy atom. The normalized spacial score (nSPS) is 38.5. The Bertz CT molecular complexity index is 177. The standard InChI is InChI=1S/C6H9FN2O/c1-8-5-6(7,10)3-2-4-9-5/h2-5,8,10H,1H3. The van der Waals surface area contributed by atoms with Gasteiger partial charge in [0, 0.05) is 6.21 Å². The second-order valence-corrected chi connectivity index (χ2v) is 2.08. The molecule has 10 heavy (non-hydrogen) atoms. The summed E-state index contributed by atoms with van der Waals surface area (Å²) in [5.41, 5.74) is 0. The molecule has 0 fully saturated rings. The Kier molecular flexibility index (Phi) is 1.82. The number of hydrogen-bond acceptors (Lipinski definition) is 3. The van der Waals surface area contributed by atoms with E-state index in [1.807, 2.05) is 0 Å². The molecule has 0 aromatic rings. The Balaban J connectivity index is 2.74. The van der Waals surface area contributed by atoms with Crippen molar-refractivity contribution in [3.05, 3.63) is 12.2 Å². The van der Waals surface area contributed by atoms with E-state index >= 15 is 0 Å². The number of halogens is 1. The molecule has 0 aromatic carbocycles. The van der Waals surface area contributed by atoms with Crippen molar-refractivity contribution in [1.29, 1.82) is 0 Å². The Hall–Kier alpha value is -0.740. The smallest absolute Gasteiger partial charge is 0.262 e. The fourth-order valence-corrected chi connectivity index (χ4v) is 0.786. The van der Waals surface area contributed by atoms with Crippen LogP contribution in [0.4, 0.5) is 4.39 Å². The zero-order chi connectivity index (χ0) is 7.61. The van der Waals surface area contributed by atoms with Gasteiger partial charge in [0.2, 0.25) is 0 Å². The SMILES string of the molecule is CNC1N=CC=CC1(O)F. The van der Waals surface area contributed by atoms with Gasteiger partial charge in [0.15, 0.2) is 6.17 Å². The van der Waals surface area contributed by atoms with Gasteiger partial charge in [0.1, 0.15) is 0 Å². The number of allylic oxidation sites excluding steroid dienone is 1. The maximum Gasteiger partial charge on any atom is 0.262 e. The maximum absolute atomic E-state index is 12.8. The molecule has 0 aromatic heterocycles. The van der Waals surface area contributed by atoms with Crippen LogP contribution in [0.3, 0.4) is 0 Å². The lowest BCUT2D eigenvalue weighted by molar-refractivity contribution is -0.0690. The Morgan fingerprint density at radius 3 is 2.90 bits per heavy atom. The lowest BCUT2D eigenvalue weighted by atomic mass is 10.2. The molecule has 1 heterocycles. The van der Waals surface area contributed by atoms with E-state index in [-0.39, 0.29) is 0 Å². The van der Waals surface area contributed by atoms with Gasteiger partial charge in [-0.1, -0.05) is 0 Å². The molecule has 3 nitrogen and oxygen atoms in total. The van der Waals surface area contributed by atoms with E-state index in [0.29, 0.717) is 0 Å². The zero-order valence-corrected chi connectivity index (χ0v) is 5.58. The van der Waals surface area contributed by atoms with Gasteiger partial charge in [-0.2, -0.15) is 0 Å². The zero-order valence-electron chi connectivity index (χ0n) is 5.58. The predicted octanol–water partition coefficient (Wildman–Crippen LogP) is -0.169. The second kappa shape index (κ2) is 2.48. The van der Waals surface area contributed by atoms with E-state index in [1.54, 1.807) is 0 Å². The number of aliphatic imine (C=N–C) groups is 1. The van der Waals surface area contributed by atoms with Gasteiger partial charge in [0.25, 0.3) is 5.85 Å². The fourth-order valence-electron chi connectivity index (χ4n) is 0.786. The molecule has 0 saturated heterocycles. The Labute approximate surface area is 58.3 Å². The number of likely N-dealkylation sites (N-methyl/N-ethyl adjacent to an activating group) is 1. The number of nitrogens with one attached hydrogen (secondary N) is 1. The molecular weight excluding hydrogens is 135 g/mol. The quantitative estimate of drug-likeness (QED) is 0.536. The molecule has 56 valence electrons. The van der Waals surface area contributed by atoms with Crippen molar-refractivity contribution < 1.29 is 9.50 Å². The van der Waals surface area contributed by atoms with E-state index < -0.39 is 12.0 Å². The summed E-state index contributed by atoms with van der Waals surface area (Å²) in [4.78, 5) is 3.65. The topological polar surface area (TPSA) is 44.6 Å². The van der Waals surface area contributed by atoms with E-state index in [2.05, 4.69) is 10.3 Å². The summed E-state index contributed by atoms with van der Waals surface area (Å²) >= 11 is 0. The average molecular weight is 144 g/mol. The van der Waals surface area contributed by atoms with E-state index in [1.165, 1.54) is 19.3 Å². The summed E-state index contributed by atoms with van der Waals surface area (Å²) in [5.74, 6) is -2.34. The van der Waals surface area contributed by atoms with Crippen LogP contribution in [0, 0.1) is 0 Å². The first kappa shape index (κ1) is 7.37. The monoisotopic (exact) mass is 144 g/mol. The van der Waals surface area contributed by atoms with Crippen LogP contribution in [0.15, 0.2) is 17.1 Å². The van der Waals surface area contributed by atoms with E-state index in [9.17, 15) is 4.39 Å². The minimum Gasteiger partial charge on any atom is -0.356 e. The highest BCUT2D eigenvalue weighted by atomic mass is 19.2. The summed E-state index contributed by atoms with van der Waals surface area (Å²) in [6, 6.07) is 0. The average Bonchev–Trinajstić information content (AvgIpc) is 1.87. The summed E-state index contributed by atoms with van der Waals surface area (Å²) in [6.45, 7) is 0. The molecule has 2 atom stereocenters. The van der Waals surface area contributed by atoms with Crippen molar-refractivity contribution in [1.82, 2.24) is 5.32 Å². The summed E-state index contributed by atoms with van der Waals surface area (Å²) in [7, 11) is 1.53. The van der Waals surface area contributed by atoms with Crippen molar-refractivity contribution >= 4 is 6.21 Å². The van der Waals surface area contributed by atoms with Crippen molar-refractivity contribution in [2.75, 3.05) is 7.05 Å². The van der Waals surface area contributed by atoms with Crippen LogP contribution in [0.25, 0.3) is 0 Å². The van der Waals surface area contributed by atoms with Gasteiger partial charge in [-0.15, -0.1) is 0 Å². The summed E-state index contributed by atoms with van der Waals surface area (Å²) < 4.78 is 12.8. The molecule has 2 unspecified atom stereocenters. The first-order chi connectivity index (χ1) is 4.67. The van der Waals surface area contributed by atoms with Crippen LogP contribution in [0.2, 0.25) is 0 Å². The lowest BCUT2D eigenvalue weighted by Crippen LogP contribution is -2.44. The summed E-state index contributed by atoms with van der Waals surface area (Å²) in [6.07, 6.45) is 2.99. The second-order valence-electron chi connectivity index (χ2n) is 2.08. The van der Waals surface area contributed by atoms with E-state index in [0.717, 1.165) is 6.08 Å². The Morgan fingerprint density at radius 1 is 1.80 bits per heavy atom. The van der Waals surface area contributed by atoms with Gasteiger partial charge in [-0.05, 0) is 19.2 Å². The van der Waals surface area contributed by atoms with Gasteiger partial charge >= 0.3 is 0 Å². The molecule has 4 heteroatoms. The molecule has 0 bridgehead atoms. The number of alkyl halides is 1. The first-order valence-corrected chi connectivity index (χ1v) is 2.96. The van der Waals surface area contributed by atoms with Gasteiger partial charge < -0.3 is 5.11 Å². The van der Waals surface area contributed by atoms with E-state index in [4.69, 9.17) is 5.11 Å². The minimum atomic E-state index is -2.34. The molecule has 0 aliphatic carbocycles. The third-order valence-electron chi connectivity index (χ3n) is 1.31. The molecule has 1 aliphatic heterocycles. The molecule has 1 rings (SSSR count). The molecule has 1 aliphatic rings. The highest BCUT2D eigenvalue weighted by Gasteiger charge is 2.33. The molecule has 0 radical (unpaired) electrons. The number of rotatable bonds is 1. The number of dihydropyridines is 1. The molecule has 0 spiro atoms.